The number of aromatic hydroxyl groups is 1. The lowest BCUT2D eigenvalue weighted by Crippen LogP contribution is -2.32. The molecule has 3 rings (SSSR count). The third kappa shape index (κ3) is 3.13. The van der Waals surface area contributed by atoms with Crippen molar-refractivity contribution in [3.05, 3.63) is 52.0 Å². The van der Waals surface area contributed by atoms with Gasteiger partial charge in [0, 0.05) is 10.0 Å². The summed E-state index contributed by atoms with van der Waals surface area (Å²) in [4.78, 5) is 12.3. The van der Waals surface area contributed by atoms with Crippen molar-refractivity contribution < 1.29 is 14.6 Å². The van der Waals surface area contributed by atoms with E-state index in [0.717, 1.165) is 11.3 Å². The fourth-order valence-electron chi connectivity index (χ4n) is 2.37. The van der Waals surface area contributed by atoms with Gasteiger partial charge in [-0.25, -0.2) is 0 Å². The van der Waals surface area contributed by atoms with E-state index in [1.54, 1.807) is 24.3 Å². The van der Waals surface area contributed by atoms with Crippen LogP contribution in [0.15, 0.2) is 36.4 Å². The van der Waals surface area contributed by atoms with Crippen molar-refractivity contribution in [2.45, 2.75) is 6.42 Å². The lowest BCUT2D eigenvalue weighted by atomic mass is 9.96. The monoisotopic (exact) mass is 337 g/mol. The molecule has 2 aromatic carbocycles. The molecular formula is C16H13Cl2NO3. The highest BCUT2D eigenvalue weighted by Gasteiger charge is 2.26. The Balaban J connectivity index is 1.75. The van der Waals surface area contributed by atoms with Crippen LogP contribution in [0.2, 0.25) is 10.0 Å². The van der Waals surface area contributed by atoms with Gasteiger partial charge in [-0.3, -0.25) is 4.79 Å². The highest BCUT2D eigenvalue weighted by Crippen LogP contribution is 2.31. The lowest BCUT2D eigenvalue weighted by Gasteiger charge is -2.24. The number of nitrogens with one attached hydrogen (secondary N) is 1. The molecule has 0 radical (unpaired) electrons. The number of anilines is 1. The number of fused-ring (bicyclic) bond motifs is 1. The molecule has 6 heteroatoms. The third-order valence-electron chi connectivity index (χ3n) is 3.52. The number of rotatable bonds is 2. The molecule has 0 aromatic heterocycles. The zero-order valence-corrected chi connectivity index (χ0v) is 13.0. The summed E-state index contributed by atoms with van der Waals surface area (Å²) in [6, 6.07) is 9.84. The second kappa shape index (κ2) is 6.07. The van der Waals surface area contributed by atoms with Gasteiger partial charge in [-0.2, -0.15) is 0 Å². The summed E-state index contributed by atoms with van der Waals surface area (Å²) in [5.41, 5.74) is 1.18. The van der Waals surface area contributed by atoms with Gasteiger partial charge in [-0.05, 0) is 48.4 Å². The maximum atomic E-state index is 12.3. The molecule has 0 spiro atoms. The van der Waals surface area contributed by atoms with Crippen molar-refractivity contribution in [1.29, 1.82) is 0 Å². The van der Waals surface area contributed by atoms with Crippen molar-refractivity contribution >= 4 is 34.8 Å². The van der Waals surface area contributed by atoms with Crippen LogP contribution < -0.4 is 10.1 Å². The van der Waals surface area contributed by atoms with Gasteiger partial charge in [0.2, 0.25) is 5.91 Å². The van der Waals surface area contributed by atoms with Crippen LogP contribution in [-0.4, -0.2) is 17.6 Å². The number of halogens is 2. The Kier molecular flexibility index (Phi) is 4.14. The largest absolute Gasteiger partial charge is 0.506 e. The van der Waals surface area contributed by atoms with E-state index in [-0.39, 0.29) is 29.9 Å². The van der Waals surface area contributed by atoms with Gasteiger partial charge in [0.05, 0.1) is 11.6 Å². The predicted molar refractivity (Wildman–Crippen MR) is 85.9 cm³/mol. The summed E-state index contributed by atoms with van der Waals surface area (Å²) in [6.07, 6.45) is 0.531. The maximum Gasteiger partial charge on any atom is 0.231 e. The molecular weight excluding hydrogens is 325 g/mol. The van der Waals surface area contributed by atoms with Crippen LogP contribution in [0.5, 0.6) is 11.5 Å². The van der Waals surface area contributed by atoms with E-state index in [0.29, 0.717) is 16.5 Å². The van der Waals surface area contributed by atoms with Gasteiger partial charge in [0.1, 0.15) is 18.1 Å². The Hall–Kier alpha value is -1.91. The number of ether oxygens (including phenoxy) is 1. The van der Waals surface area contributed by atoms with Crippen LogP contribution in [0.25, 0.3) is 0 Å². The Bertz CT molecular complexity index is 733. The fourth-order valence-corrected chi connectivity index (χ4v) is 2.74. The zero-order chi connectivity index (χ0) is 15.7. The molecule has 22 heavy (non-hydrogen) atoms. The van der Waals surface area contributed by atoms with E-state index in [4.69, 9.17) is 27.9 Å². The number of phenols is 1. The van der Waals surface area contributed by atoms with Crippen molar-refractivity contribution in [3.63, 3.8) is 0 Å². The molecule has 1 unspecified atom stereocenters. The number of hydrogen-bond donors (Lipinski definition) is 2. The molecule has 0 saturated carbocycles. The molecule has 0 bridgehead atoms. The molecule has 114 valence electrons. The van der Waals surface area contributed by atoms with Gasteiger partial charge < -0.3 is 15.2 Å². The second-order valence-corrected chi connectivity index (χ2v) is 5.99. The molecule has 4 nitrogen and oxygen atoms in total. The number of carbonyl (C=O) groups excluding carboxylic acids is 1. The topological polar surface area (TPSA) is 58.6 Å². The summed E-state index contributed by atoms with van der Waals surface area (Å²) < 4.78 is 5.60. The Morgan fingerprint density at radius 1 is 1.18 bits per heavy atom. The van der Waals surface area contributed by atoms with Gasteiger partial charge >= 0.3 is 0 Å². The van der Waals surface area contributed by atoms with Gasteiger partial charge in [0.25, 0.3) is 0 Å². The van der Waals surface area contributed by atoms with E-state index >= 15 is 0 Å². The molecule has 1 amide bonds. The zero-order valence-electron chi connectivity index (χ0n) is 11.5. The second-order valence-electron chi connectivity index (χ2n) is 5.11. The third-order valence-corrected chi connectivity index (χ3v) is 3.99. The van der Waals surface area contributed by atoms with Crippen molar-refractivity contribution in [2.24, 2.45) is 5.92 Å². The number of amides is 1. The van der Waals surface area contributed by atoms with Crippen LogP contribution in [0.3, 0.4) is 0 Å². The van der Waals surface area contributed by atoms with Crippen LogP contribution in [-0.2, 0) is 11.2 Å². The molecule has 1 heterocycles. The van der Waals surface area contributed by atoms with E-state index in [1.165, 1.54) is 12.1 Å². The average Bonchev–Trinajstić information content (AvgIpc) is 2.50. The van der Waals surface area contributed by atoms with Crippen molar-refractivity contribution in [3.8, 4) is 11.5 Å². The van der Waals surface area contributed by atoms with Crippen LogP contribution in [0.1, 0.15) is 5.56 Å². The first-order chi connectivity index (χ1) is 10.5. The van der Waals surface area contributed by atoms with Gasteiger partial charge in [0.15, 0.2) is 0 Å². The van der Waals surface area contributed by atoms with Crippen LogP contribution >= 0.6 is 23.2 Å². The number of phenolic OH excluding ortho intramolecular Hbond substituents is 1. The maximum absolute atomic E-state index is 12.3. The lowest BCUT2D eigenvalue weighted by molar-refractivity contribution is -0.121. The Morgan fingerprint density at radius 3 is 2.73 bits per heavy atom. The molecule has 2 aromatic rings. The quantitative estimate of drug-likeness (QED) is 0.817. The minimum Gasteiger partial charge on any atom is -0.506 e. The molecule has 1 aliphatic heterocycles. The summed E-state index contributed by atoms with van der Waals surface area (Å²) in [5, 5.41) is 13.5. The molecule has 0 saturated heterocycles. The Morgan fingerprint density at radius 2 is 1.91 bits per heavy atom. The predicted octanol–water partition coefficient (Wildman–Crippen LogP) is 3.89. The molecule has 1 aliphatic rings. The highest BCUT2D eigenvalue weighted by molar-refractivity contribution is 6.31. The summed E-state index contributed by atoms with van der Waals surface area (Å²) >= 11 is 11.8. The van der Waals surface area contributed by atoms with Crippen molar-refractivity contribution in [2.75, 3.05) is 11.9 Å². The number of carbonyl (C=O) groups is 1. The molecule has 2 N–H and O–H groups in total. The minimum atomic E-state index is -0.357. The average molecular weight is 338 g/mol. The standard InChI is InChI=1S/C16H13Cl2NO3/c17-11-2-4-15-9(6-11)5-10(8-22-15)16(21)19-13-7-12(18)1-3-14(13)20/h1-4,6-7,10,20H,5,8H2,(H,19,21). The normalized spacial score (nSPS) is 16.5. The fraction of sp³-hybridized carbons (Fsp3) is 0.188. The van der Waals surface area contributed by atoms with E-state index in [9.17, 15) is 9.90 Å². The first-order valence-corrected chi connectivity index (χ1v) is 7.49. The number of hydrogen-bond acceptors (Lipinski definition) is 3. The van der Waals surface area contributed by atoms with Crippen LogP contribution in [0.4, 0.5) is 5.69 Å². The smallest absolute Gasteiger partial charge is 0.231 e. The summed E-state index contributed by atoms with van der Waals surface area (Å²) in [7, 11) is 0. The highest BCUT2D eigenvalue weighted by atomic mass is 35.5. The van der Waals surface area contributed by atoms with Gasteiger partial charge in [-0.15, -0.1) is 0 Å². The first kappa shape index (κ1) is 15.0. The van der Waals surface area contributed by atoms with E-state index in [2.05, 4.69) is 5.32 Å². The van der Waals surface area contributed by atoms with Crippen molar-refractivity contribution in [1.82, 2.24) is 0 Å². The van der Waals surface area contributed by atoms with E-state index < -0.39 is 0 Å². The molecule has 1 atom stereocenters. The summed E-state index contributed by atoms with van der Waals surface area (Å²) in [5.74, 6) is 0.129. The van der Waals surface area contributed by atoms with Gasteiger partial charge in [-0.1, -0.05) is 23.2 Å². The SMILES string of the molecule is O=C(Nc1cc(Cl)ccc1O)C1COc2ccc(Cl)cc2C1. The number of benzene rings is 2. The van der Waals surface area contributed by atoms with E-state index in [1.807, 2.05) is 0 Å². The Labute approximate surface area is 137 Å². The minimum absolute atomic E-state index is 0.0297. The summed E-state index contributed by atoms with van der Waals surface area (Å²) in [6.45, 7) is 0.280. The first-order valence-electron chi connectivity index (χ1n) is 6.73. The molecule has 0 fully saturated rings. The van der Waals surface area contributed by atoms with Crippen LogP contribution in [0, 0.1) is 5.92 Å². The molecule has 0 aliphatic carbocycles.